The molecule has 0 aliphatic carbocycles. The molecule has 0 saturated heterocycles. The van der Waals surface area contributed by atoms with Gasteiger partial charge in [0.2, 0.25) is 5.88 Å². The van der Waals surface area contributed by atoms with Crippen molar-refractivity contribution in [3.63, 3.8) is 0 Å². The Bertz CT molecular complexity index is 828. The lowest BCUT2D eigenvalue weighted by molar-refractivity contribution is -0.118. The van der Waals surface area contributed by atoms with Crippen LogP contribution in [0, 0.1) is 0 Å². The molecule has 0 spiro atoms. The molecule has 1 heterocycles. The summed E-state index contributed by atoms with van der Waals surface area (Å²) in [6.07, 6.45) is 2.29. The van der Waals surface area contributed by atoms with E-state index in [9.17, 15) is 4.79 Å². The number of amides is 1. The number of rotatable bonds is 5. The zero-order valence-electron chi connectivity index (χ0n) is 12.8. The summed E-state index contributed by atoms with van der Waals surface area (Å²) in [5.74, 6) is 0.197. The van der Waals surface area contributed by atoms with Crippen molar-refractivity contribution < 1.29 is 9.53 Å². The van der Waals surface area contributed by atoms with Gasteiger partial charge in [-0.05, 0) is 30.2 Å². The maximum absolute atomic E-state index is 12.1. The van der Waals surface area contributed by atoms with Crippen LogP contribution in [0.4, 0.5) is 5.69 Å². The number of para-hydroxylation sites is 2. The lowest BCUT2D eigenvalue weighted by atomic mass is 10.1. The fraction of sp³-hybridized carbons (Fsp3) is 0.167. The molecule has 0 saturated carbocycles. The SMILES string of the molecule is CCc1ccccc1NC(=O)COc1ncnc2ccccc12. The molecule has 3 rings (SSSR count). The fourth-order valence-corrected chi connectivity index (χ4v) is 2.37. The van der Waals surface area contributed by atoms with E-state index in [4.69, 9.17) is 4.74 Å². The second-order valence-electron chi connectivity index (χ2n) is 5.04. The maximum atomic E-state index is 12.1. The summed E-state index contributed by atoms with van der Waals surface area (Å²) in [6.45, 7) is 1.95. The Morgan fingerprint density at radius 2 is 1.87 bits per heavy atom. The summed E-state index contributed by atoms with van der Waals surface area (Å²) in [4.78, 5) is 20.4. The van der Waals surface area contributed by atoms with Gasteiger partial charge in [-0.2, -0.15) is 0 Å². The zero-order chi connectivity index (χ0) is 16.1. The molecular formula is C18H17N3O2. The van der Waals surface area contributed by atoms with Crippen molar-refractivity contribution in [2.24, 2.45) is 0 Å². The van der Waals surface area contributed by atoms with Gasteiger partial charge in [0.15, 0.2) is 6.61 Å². The molecule has 116 valence electrons. The van der Waals surface area contributed by atoms with Crippen LogP contribution in [0.15, 0.2) is 54.9 Å². The van der Waals surface area contributed by atoms with Crippen LogP contribution in [0.3, 0.4) is 0 Å². The van der Waals surface area contributed by atoms with Crippen molar-refractivity contribution in [2.75, 3.05) is 11.9 Å². The van der Waals surface area contributed by atoms with Gasteiger partial charge in [-0.15, -0.1) is 0 Å². The highest BCUT2D eigenvalue weighted by Gasteiger charge is 2.09. The molecule has 0 bridgehead atoms. The van der Waals surface area contributed by atoms with E-state index >= 15 is 0 Å². The highest BCUT2D eigenvalue weighted by molar-refractivity contribution is 5.93. The topological polar surface area (TPSA) is 64.1 Å². The molecule has 0 aliphatic rings. The maximum Gasteiger partial charge on any atom is 0.262 e. The molecule has 3 aromatic rings. The van der Waals surface area contributed by atoms with Gasteiger partial charge in [-0.3, -0.25) is 4.79 Å². The molecule has 0 aliphatic heterocycles. The van der Waals surface area contributed by atoms with Gasteiger partial charge in [0, 0.05) is 5.69 Å². The van der Waals surface area contributed by atoms with E-state index in [0.29, 0.717) is 5.88 Å². The second kappa shape index (κ2) is 6.87. The van der Waals surface area contributed by atoms with Crippen molar-refractivity contribution in [3.05, 3.63) is 60.4 Å². The van der Waals surface area contributed by atoms with Crippen molar-refractivity contribution in [3.8, 4) is 5.88 Å². The van der Waals surface area contributed by atoms with Gasteiger partial charge in [-0.25, -0.2) is 9.97 Å². The molecule has 5 nitrogen and oxygen atoms in total. The first-order chi connectivity index (χ1) is 11.3. The van der Waals surface area contributed by atoms with Gasteiger partial charge in [-0.1, -0.05) is 37.3 Å². The van der Waals surface area contributed by atoms with E-state index in [-0.39, 0.29) is 12.5 Å². The monoisotopic (exact) mass is 307 g/mol. The normalized spacial score (nSPS) is 10.5. The standard InChI is InChI=1S/C18H17N3O2/c1-2-13-7-3-5-9-15(13)21-17(22)11-23-18-14-8-4-6-10-16(14)19-12-20-18/h3-10,12H,2,11H2,1H3,(H,21,22). The molecule has 1 amide bonds. The van der Waals surface area contributed by atoms with Crippen LogP contribution in [0.2, 0.25) is 0 Å². The van der Waals surface area contributed by atoms with Gasteiger partial charge in [0.25, 0.3) is 5.91 Å². The second-order valence-corrected chi connectivity index (χ2v) is 5.04. The van der Waals surface area contributed by atoms with E-state index < -0.39 is 0 Å². The number of nitrogens with zero attached hydrogens (tertiary/aromatic N) is 2. The molecule has 1 aromatic heterocycles. The lowest BCUT2D eigenvalue weighted by Crippen LogP contribution is -2.21. The number of aromatic nitrogens is 2. The third-order valence-electron chi connectivity index (χ3n) is 3.52. The van der Waals surface area contributed by atoms with Crippen LogP contribution >= 0.6 is 0 Å². The molecule has 5 heteroatoms. The number of ether oxygens (including phenoxy) is 1. The summed E-state index contributed by atoms with van der Waals surface area (Å²) in [5, 5.41) is 3.66. The highest BCUT2D eigenvalue weighted by Crippen LogP contribution is 2.20. The van der Waals surface area contributed by atoms with Gasteiger partial charge < -0.3 is 10.1 Å². The number of carbonyl (C=O) groups is 1. The number of hydrogen-bond acceptors (Lipinski definition) is 4. The minimum Gasteiger partial charge on any atom is -0.467 e. The predicted molar refractivity (Wildman–Crippen MR) is 89.5 cm³/mol. The van der Waals surface area contributed by atoms with E-state index in [1.807, 2.05) is 48.5 Å². The predicted octanol–water partition coefficient (Wildman–Crippen LogP) is 3.21. The molecular weight excluding hydrogens is 290 g/mol. The quantitative estimate of drug-likeness (QED) is 0.786. The molecule has 0 atom stereocenters. The van der Waals surface area contributed by atoms with Gasteiger partial charge in [0.05, 0.1) is 10.9 Å². The Morgan fingerprint density at radius 1 is 1.09 bits per heavy atom. The Balaban J connectivity index is 1.69. The van der Waals surface area contributed by atoms with Crippen molar-refractivity contribution in [1.82, 2.24) is 9.97 Å². The third kappa shape index (κ3) is 3.45. The van der Waals surface area contributed by atoms with Crippen LogP contribution in [0.1, 0.15) is 12.5 Å². The zero-order valence-corrected chi connectivity index (χ0v) is 12.8. The largest absolute Gasteiger partial charge is 0.467 e. The molecule has 0 radical (unpaired) electrons. The molecule has 2 aromatic carbocycles. The summed E-state index contributed by atoms with van der Waals surface area (Å²) in [6, 6.07) is 15.3. The van der Waals surface area contributed by atoms with Crippen molar-refractivity contribution >= 4 is 22.5 Å². The smallest absolute Gasteiger partial charge is 0.262 e. The van der Waals surface area contributed by atoms with Crippen LogP contribution in [-0.2, 0) is 11.2 Å². The highest BCUT2D eigenvalue weighted by atomic mass is 16.5. The third-order valence-corrected chi connectivity index (χ3v) is 3.52. The van der Waals surface area contributed by atoms with Crippen LogP contribution in [0.25, 0.3) is 10.9 Å². The summed E-state index contributed by atoms with van der Waals surface area (Å²) in [5.41, 5.74) is 2.69. The van der Waals surface area contributed by atoms with E-state index in [0.717, 1.165) is 28.6 Å². The average molecular weight is 307 g/mol. The molecule has 23 heavy (non-hydrogen) atoms. The van der Waals surface area contributed by atoms with Gasteiger partial charge >= 0.3 is 0 Å². The first-order valence-electron chi connectivity index (χ1n) is 7.48. The van der Waals surface area contributed by atoms with E-state index in [1.165, 1.54) is 6.33 Å². The number of nitrogens with one attached hydrogen (secondary N) is 1. The Labute approximate surface area is 134 Å². The molecule has 0 fully saturated rings. The fourth-order valence-electron chi connectivity index (χ4n) is 2.37. The number of benzene rings is 2. The average Bonchev–Trinajstić information content (AvgIpc) is 2.60. The van der Waals surface area contributed by atoms with Crippen molar-refractivity contribution in [2.45, 2.75) is 13.3 Å². The number of fused-ring (bicyclic) bond motifs is 1. The minimum atomic E-state index is -0.214. The van der Waals surface area contributed by atoms with Crippen LogP contribution in [0.5, 0.6) is 5.88 Å². The molecule has 0 unspecified atom stereocenters. The Hall–Kier alpha value is -2.95. The summed E-state index contributed by atoms with van der Waals surface area (Å²) in [7, 11) is 0. The van der Waals surface area contributed by atoms with Crippen LogP contribution < -0.4 is 10.1 Å². The van der Waals surface area contributed by atoms with Gasteiger partial charge in [0.1, 0.15) is 6.33 Å². The summed E-state index contributed by atoms with van der Waals surface area (Å²) >= 11 is 0. The number of hydrogen-bond donors (Lipinski definition) is 1. The summed E-state index contributed by atoms with van der Waals surface area (Å²) < 4.78 is 5.56. The van der Waals surface area contributed by atoms with E-state index in [1.54, 1.807) is 0 Å². The Morgan fingerprint density at radius 3 is 2.74 bits per heavy atom. The minimum absolute atomic E-state index is 0.0982. The first kappa shape index (κ1) is 15.0. The molecule has 1 N–H and O–H groups in total. The Kier molecular flexibility index (Phi) is 4.47. The van der Waals surface area contributed by atoms with Crippen molar-refractivity contribution in [1.29, 1.82) is 0 Å². The number of aryl methyl sites for hydroxylation is 1. The first-order valence-corrected chi connectivity index (χ1v) is 7.48. The van der Waals surface area contributed by atoms with E-state index in [2.05, 4.69) is 22.2 Å². The number of anilines is 1. The lowest BCUT2D eigenvalue weighted by Gasteiger charge is -2.11. The number of carbonyl (C=O) groups excluding carboxylic acids is 1. The van der Waals surface area contributed by atoms with Crippen LogP contribution in [-0.4, -0.2) is 22.5 Å².